The van der Waals surface area contributed by atoms with Gasteiger partial charge >= 0.3 is 18.0 Å². The lowest BCUT2D eigenvalue weighted by molar-refractivity contribution is -0.196. The molecule has 1 fully saturated rings. The highest BCUT2D eigenvalue weighted by atomic mass is 16.6. The number of hydrazine groups is 1. The standard InChI is InChI=1S/C21H37N3O8/c1-18(2,3)30-15(26)13(23-17(28)32-20(7,8)9)10-12-11-21(29,24(22)14(12)25)16(27)31-19(4,5)6/h12-13,29H,10-11,22H2,1-9H3,(H,23,28)/t12-,13-,21?/m0/s1. The lowest BCUT2D eigenvalue weighted by atomic mass is 9.94. The lowest BCUT2D eigenvalue weighted by Gasteiger charge is -2.30. The zero-order chi connectivity index (χ0) is 25.3. The zero-order valence-electron chi connectivity index (χ0n) is 20.4. The minimum atomic E-state index is -2.40. The second-order valence-corrected chi connectivity index (χ2v) is 10.9. The van der Waals surface area contributed by atoms with Gasteiger partial charge in [-0.3, -0.25) is 4.79 Å². The van der Waals surface area contributed by atoms with Crippen molar-refractivity contribution in [2.75, 3.05) is 0 Å². The van der Waals surface area contributed by atoms with Crippen LogP contribution in [0.1, 0.15) is 75.2 Å². The van der Waals surface area contributed by atoms with Gasteiger partial charge in [0, 0.05) is 12.3 Å². The first-order chi connectivity index (χ1) is 14.1. The monoisotopic (exact) mass is 459 g/mol. The van der Waals surface area contributed by atoms with E-state index in [9.17, 15) is 24.3 Å². The van der Waals surface area contributed by atoms with Crippen LogP contribution in [0.25, 0.3) is 0 Å². The molecule has 0 bridgehead atoms. The summed E-state index contributed by atoms with van der Waals surface area (Å²) in [5.41, 5.74) is -5.01. The fraction of sp³-hybridized carbons (Fsp3) is 0.810. The highest BCUT2D eigenvalue weighted by Crippen LogP contribution is 2.35. The van der Waals surface area contributed by atoms with Gasteiger partial charge in [0.2, 0.25) is 5.91 Å². The quantitative estimate of drug-likeness (QED) is 0.239. The van der Waals surface area contributed by atoms with E-state index in [4.69, 9.17) is 20.1 Å². The fourth-order valence-corrected chi connectivity index (χ4v) is 2.96. The Morgan fingerprint density at radius 2 is 1.50 bits per heavy atom. The SMILES string of the molecule is CC(C)(C)OC(=O)N[C@@H](C[C@H]1CC(O)(C(=O)OC(C)(C)C)N(N)C1=O)C(=O)OC(C)(C)C. The van der Waals surface area contributed by atoms with Crippen LogP contribution in [0.2, 0.25) is 0 Å². The number of aliphatic hydroxyl groups is 1. The maximum atomic E-state index is 12.7. The summed E-state index contributed by atoms with van der Waals surface area (Å²) in [6.07, 6.45) is -1.58. The Balaban J connectivity index is 3.09. The molecule has 2 amide bonds. The Morgan fingerprint density at radius 1 is 1.03 bits per heavy atom. The van der Waals surface area contributed by atoms with Crippen LogP contribution >= 0.6 is 0 Å². The van der Waals surface area contributed by atoms with Crippen molar-refractivity contribution in [3.05, 3.63) is 0 Å². The normalized spacial score (nSPS) is 22.9. The first-order valence-corrected chi connectivity index (χ1v) is 10.4. The third-order valence-corrected chi connectivity index (χ3v) is 4.14. The summed E-state index contributed by atoms with van der Waals surface area (Å²) in [4.78, 5) is 50.2. The van der Waals surface area contributed by atoms with Gasteiger partial charge in [-0.1, -0.05) is 0 Å². The minimum absolute atomic E-state index is 0.272. The van der Waals surface area contributed by atoms with Gasteiger partial charge in [-0.2, -0.15) is 0 Å². The molecule has 3 atom stereocenters. The number of esters is 2. The molecular weight excluding hydrogens is 422 g/mol. The van der Waals surface area contributed by atoms with Crippen LogP contribution in [-0.4, -0.2) is 62.6 Å². The summed E-state index contributed by atoms with van der Waals surface area (Å²) < 4.78 is 15.7. The van der Waals surface area contributed by atoms with Gasteiger partial charge in [-0.15, -0.1) is 0 Å². The number of hydrogen-bond acceptors (Lipinski definition) is 9. The third kappa shape index (κ3) is 7.94. The van der Waals surface area contributed by atoms with Crippen molar-refractivity contribution >= 4 is 23.9 Å². The van der Waals surface area contributed by atoms with E-state index in [0.717, 1.165) is 0 Å². The number of nitrogens with one attached hydrogen (secondary N) is 1. The predicted octanol–water partition coefficient (Wildman–Crippen LogP) is 1.36. The van der Waals surface area contributed by atoms with Crippen LogP contribution in [0.3, 0.4) is 0 Å². The van der Waals surface area contributed by atoms with Gasteiger partial charge in [-0.05, 0) is 68.7 Å². The maximum absolute atomic E-state index is 12.7. The average Bonchev–Trinajstić information content (AvgIpc) is 2.74. The van der Waals surface area contributed by atoms with Crippen LogP contribution in [-0.2, 0) is 28.6 Å². The van der Waals surface area contributed by atoms with Crippen LogP contribution in [0.5, 0.6) is 0 Å². The topological polar surface area (TPSA) is 157 Å². The Bertz CT molecular complexity index is 748. The zero-order valence-corrected chi connectivity index (χ0v) is 20.4. The molecule has 1 rings (SSSR count). The Labute approximate surface area is 188 Å². The minimum Gasteiger partial charge on any atom is -0.458 e. The summed E-state index contributed by atoms with van der Waals surface area (Å²) in [6, 6.07) is -1.28. The largest absolute Gasteiger partial charge is 0.458 e. The van der Waals surface area contributed by atoms with Gasteiger partial charge in [0.1, 0.15) is 22.8 Å². The van der Waals surface area contributed by atoms with E-state index in [1.807, 2.05) is 0 Å². The van der Waals surface area contributed by atoms with E-state index in [1.54, 1.807) is 62.3 Å². The second-order valence-electron chi connectivity index (χ2n) is 10.9. The van der Waals surface area contributed by atoms with Gasteiger partial charge in [0.15, 0.2) is 0 Å². The molecular formula is C21H37N3O8. The number of nitrogens with zero attached hydrogens (tertiary/aromatic N) is 1. The third-order valence-electron chi connectivity index (χ3n) is 4.14. The summed E-state index contributed by atoms with van der Waals surface area (Å²) in [5, 5.41) is 13.6. The lowest BCUT2D eigenvalue weighted by Crippen LogP contribution is -2.57. The molecule has 0 aromatic rings. The second kappa shape index (κ2) is 9.22. The van der Waals surface area contributed by atoms with Crippen molar-refractivity contribution < 1.29 is 38.5 Å². The van der Waals surface area contributed by atoms with Gasteiger partial charge in [0.25, 0.3) is 5.72 Å². The smallest absolute Gasteiger partial charge is 0.408 e. The molecule has 0 spiro atoms. The van der Waals surface area contributed by atoms with E-state index in [0.29, 0.717) is 5.01 Å². The summed E-state index contributed by atoms with van der Waals surface area (Å²) >= 11 is 0. The molecule has 184 valence electrons. The molecule has 0 aliphatic carbocycles. The molecule has 1 aliphatic rings. The van der Waals surface area contributed by atoms with E-state index in [-0.39, 0.29) is 6.42 Å². The first kappa shape index (κ1) is 27.6. The van der Waals surface area contributed by atoms with Gasteiger partial charge in [-0.25, -0.2) is 25.2 Å². The Hall–Kier alpha value is -2.40. The number of carbonyl (C=O) groups is 4. The van der Waals surface area contributed by atoms with Crippen molar-refractivity contribution in [3.8, 4) is 0 Å². The number of amides is 2. The Kier molecular flexibility index (Phi) is 7.97. The number of carbonyl (C=O) groups excluding carboxylic acids is 4. The van der Waals surface area contributed by atoms with E-state index in [1.165, 1.54) is 0 Å². The van der Waals surface area contributed by atoms with Crippen LogP contribution < -0.4 is 11.2 Å². The Morgan fingerprint density at radius 3 is 1.94 bits per heavy atom. The van der Waals surface area contributed by atoms with Gasteiger partial charge in [0.05, 0.1) is 0 Å². The van der Waals surface area contributed by atoms with Crippen LogP contribution in [0.15, 0.2) is 0 Å². The highest BCUT2D eigenvalue weighted by molar-refractivity contribution is 5.92. The number of nitrogens with two attached hydrogens (primary N) is 1. The first-order valence-electron chi connectivity index (χ1n) is 10.4. The summed E-state index contributed by atoms with van der Waals surface area (Å²) in [7, 11) is 0. The average molecular weight is 460 g/mol. The molecule has 0 saturated carbocycles. The molecule has 0 aromatic carbocycles. The predicted molar refractivity (Wildman–Crippen MR) is 114 cm³/mol. The molecule has 0 aromatic heterocycles. The molecule has 11 nitrogen and oxygen atoms in total. The van der Waals surface area contributed by atoms with E-state index >= 15 is 0 Å². The van der Waals surface area contributed by atoms with Crippen molar-refractivity contribution in [1.29, 1.82) is 0 Å². The number of rotatable bonds is 5. The fourth-order valence-electron chi connectivity index (χ4n) is 2.96. The number of alkyl carbamates (subject to hydrolysis) is 1. The highest BCUT2D eigenvalue weighted by Gasteiger charge is 2.56. The molecule has 0 radical (unpaired) electrons. The molecule has 4 N–H and O–H groups in total. The molecule has 1 heterocycles. The summed E-state index contributed by atoms with van der Waals surface area (Å²) in [6.45, 7) is 14.7. The molecule has 1 unspecified atom stereocenters. The van der Waals surface area contributed by atoms with Gasteiger partial charge < -0.3 is 24.6 Å². The van der Waals surface area contributed by atoms with Crippen molar-refractivity contribution in [2.24, 2.45) is 11.8 Å². The van der Waals surface area contributed by atoms with E-state index in [2.05, 4.69) is 5.32 Å². The molecule has 11 heteroatoms. The van der Waals surface area contributed by atoms with Crippen LogP contribution in [0.4, 0.5) is 4.79 Å². The van der Waals surface area contributed by atoms with Crippen molar-refractivity contribution in [3.63, 3.8) is 0 Å². The molecule has 32 heavy (non-hydrogen) atoms. The van der Waals surface area contributed by atoms with Crippen molar-refractivity contribution in [2.45, 2.75) is 104 Å². The van der Waals surface area contributed by atoms with E-state index < -0.39 is 64.8 Å². The number of ether oxygens (including phenoxy) is 3. The van der Waals surface area contributed by atoms with Crippen LogP contribution in [0, 0.1) is 5.92 Å². The maximum Gasteiger partial charge on any atom is 0.408 e. The summed E-state index contributed by atoms with van der Waals surface area (Å²) in [5.74, 6) is 1.98. The van der Waals surface area contributed by atoms with Crippen molar-refractivity contribution in [1.82, 2.24) is 10.3 Å². The molecule has 1 saturated heterocycles. The number of hydrogen-bond donors (Lipinski definition) is 3. The molecule has 1 aliphatic heterocycles.